The van der Waals surface area contributed by atoms with Crippen molar-refractivity contribution in [2.24, 2.45) is 0 Å². The third-order valence-electron chi connectivity index (χ3n) is 5.97. The molecule has 1 fully saturated rings. The van der Waals surface area contributed by atoms with Gasteiger partial charge in [-0.05, 0) is 58.2 Å². The molecule has 1 heterocycles. The lowest BCUT2D eigenvalue weighted by molar-refractivity contribution is -0.102. The molecular weight excluding hydrogens is 372 g/mol. The molecule has 6 nitrogen and oxygen atoms in total. The van der Waals surface area contributed by atoms with Crippen molar-refractivity contribution >= 4 is 14.4 Å². The Hall–Kier alpha value is -1.10. The molecule has 0 aromatic rings. The summed E-state index contributed by atoms with van der Waals surface area (Å²) in [5.74, 6) is 0. The van der Waals surface area contributed by atoms with E-state index in [0.717, 1.165) is 6.42 Å². The zero-order valence-electron chi connectivity index (χ0n) is 19.5. The van der Waals surface area contributed by atoms with Crippen LogP contribution < -0.4 is 0 Å². The van der Waals surface area contributed by atoms with Crippen molar-refractivity contribution in [1.29, 1.82) is 5.26 Å². The second-order valence-electron chi connectivity index (χ2n) is 10.4. The van der Waals surface area contributed by atoms with Gasteiger partial charge in [0.05, 0.1) is 24.9 Å². The van der Waals surface area contributed by atoms with Gasteiger partial charge >= 0.3 is 6.09 Å². The number of hydrogen-bond acceptors (Lipinski definition) is 5. The summed E-state index contributed by atoms with van der Waals surface area (Å²) in [5.41, 5.74) is -1.61. The third-order valence-corrected chi connectivity index (χ3v) is 10.5. The number of carbonyl (C=O) groups excluding carboxylic acids is 1. The van der Waals surface area contributed by atoms with Crippen LogP contribution in [-0.4, -0.2) is 56.3 Å². The van der Waals surface area contributed by atoms with Gasteiger partial charge in [-0.15, -0.1) is 0 Å². The number of nitriles is 1. The van der Waals surface area contributed by atoms with E-state index >= 15 is 0 Å². The molecular formula is C21H40N2O4Si. The first kappa shape index (κ1) is 24.9. The zero-order valence-corrected chi connectivity index (χ0v) is 20.5. The van der Waals surface area contributed by atoms with Crippen LogP contribution in [0.15, 0.2) is 0 Å². The average Bonchev–Trinajstić information content (AvgIpc) is 2.56. The lowest BCUT2D eigenvalue weighted by Crippen LogP contribution is -2.58. The van der Waals surface area contributed by atoms with Crippen LogP contribution in [0.3, 0.4) is 0 Å². The molecule has 1 saturated heterocycles. The number of likely N-dealkylation sites (N-methyl/N-ethyl adjacent to an activating group) is 1. The summed E-state index contributed by atoms with van der Waals surface area (Å²) in [6.45, 7) is 18.9. The first-order chi connectivity index (χ1) is 12.6. The van der Waals surface area contributed by atoms with E-state index in [1.54, 1.807) is 7.05 Å². The Balaban J connectivity index is 2.85. The number of ether oxygens (including phenoxy) is 2. The Bertz CT molecular complexity index is 579. The maximum absolute atomic E-state index is 12.5. The van der Waals surface area contributed by atoms with E-state index in [4.69, 9.17) is 13.9 Å². The first-order valence-electron chi connectivity index (χ1n) is 10.3. The van der Waals surface area contributed by atoms with Crippen molar-refractivity contribution in [3.8, 4) is 6.07 Å². The largest absolute Gasteiger partial charge is 0.444 e. The Labute approximate surface area is 172 Å². The minimum Gasteiger partial charge on any atom is -0.444 e. The van der Waals surface area contributed by atoms with Crippen molar-refractivity contribution in [3.05, 3.63) is 0 Å². The SMILES string of the molecule is CCC(O[Si](C)(C)C(C)(C)C)C1CCC(C#N)(N(C)C(=O)OC(C)(C)C)CO1. The number of hydrogen-bond donors (Lipinski definition) is 0. The van der Waals surface area contributed by atoms with Gasteiger partial charge < -0.3 is 13.9 Å². The van der Waals surface area contributed by atoms with Gasteiger partial charge in [0.2, 0.25) is 0 Å². The van der Waals surface area contributed by atoms with Gasteiger partial charge in [0, 0.05) is 7.05 Å². The van der Waals surface area contributed by atoms with Crippen molar-refractivity contribution in [2.45, 2.75) is 109 Å². The van der Waals surface area contributed by atoms with Crippen LogP contribution >= 0.6 is 0 Å². The van der Waals surface area contributed by atoms with Crippen molar-refractivity contribution in [2.75, 3.05) is 13.7 Å². The van der Waals surface area contributed by atoms with Gasteiger partial charge in [-0.25, -0.2) is 4.79 Å². The van der Waals surface area contributed by atoms with Crippen molar-refractivity contribution < 1.29 is 18.7 Å². The van der Waals surface area contributed by atoms with E-state index in [1.165, 1.54) is 4.90 Å². The van der Waals surface area contributed by atoms with E-state index in [0.29, 0.717) is 12.8 Å². The van der Waals surface area contributed by atoms with Crippen LogP contribution in [0.5, 0.6) is 0 Å². The average molecular weight is 413 g/mol. The Morgan fingerprint density at radius 2 is 1.89 bits per heavy atom. The van der Waals surface area contributed by atoms with Crippen LogP contribution in [0.4, 0.5) is 4.79 Å². The highest BCUT2D eigenvalue weighted by Gasteiger charge is 2.47. The number of carbonyl (C=O) groups is 1. The quantitative estimate of drug-likeness (QED) is 0.588. The monoisotopic (exact) mass is 412 g/mol. The van der Waals surface area contributed by atoms with E-state index < -0.39 is 25.6 Å². The van der Waals surface area contributed by atoms with E-state index in [-0.39, 0.29) is 23.9 Å². The minimum atomic E-state index is -1.91. The molecule has 0 aromatic heterocycles. The summed E-state index contributed by atoms with van der Waals surface area (Å²) in [5, 5.41) is 9.96. The van der Waals surface area contributed by atoms with Gasteiger partial charge in [0.1, 0.15) is 5.60 Å². The predicted molar refractivity (Wildman–Crippen MR) is 114 cm³/mol. The predicted octanol–water partition coefficient (Wildman–Crippen LogP) is 5.10. The second-order valence-corrected chi connectivity index (χ2v) is 15.2. The molecule has 1 aliphatic rings. The highest BCUT2D eigenvalue weighted by Crippen LogP contribution is 2.39. The standard InChI is InChI=1S/C21H40N2O4Si/c1-11-16(27-28(9,10)20(5,6)7)17-12-13-21(14-22,15-25-17)23(8)18(24)26-19(2,3)4/h16-17H,11-13,15H2,1-10H3. The summed E-state index contributed by atoms with van der Waals surface area (Å²) >= 11 is 0. The molecule has 7 heteroatoms. The van der Waals surface area contributed by atoms with Crippen LogP contribution in [-0.2, 0) is 13.9 Å². The lowest BCUT2D eigenvalue weighted by atomic mass is 9.88. The fraction of sp³-hybridized carbons (Fsp3) is 0.905. The summed E-state index contributed by atoms with van der Waals surface area (Å²) in [7, 11) is -0.297. The normalized spacial score (nSPS) is 25.0. The summed E-state index contributed by atoms with van der Waals surface area (Å²) < 4.78 is 18.2. The number of nitrogens with zero attached hydrogens (tertiary/aromatic N) is 2. The highest BCUT2D eigenvalue weighted by molar-refractivity contribution is 6.74. The minimum absolute atomic E-state index is 0.00409. The summed E-state index contributed by atoms with van der Waals surface area (Å²) in [4.78, 5) is 13.9. The molecule has 1 amide bonds. The van der Waals surface area contributed by atoms with Crippen molar-refractivity contribution in [1.82, 2.24) is 4.90 Å². The lowest BCUT2D eigenvalue weighted by Gasteiger charge is -2.45. The number of rotatable bonds is 5. The molecule has 3 unspecified atom stereocenters. The maximum Gasteiger partial charge on any atom is 0.411 e. The zero-order chi connectivity index (χ0) is 22.0. The molecule has 0 bridgehead atoms. The fourth-order valence-corrected chi connectivity index (χ4v) is 4.41. The van der Waals surface area contributed by atoms with E-state index in [1.807, 2.05) is 20.8 Å². The molecule has 0 saturated carbocycles. The van der Waals surface area contributed by atoms with Gasteiger partial charge in [-0.2, -0.15) is 5.26 Å². The fourth-order valence-electron chi connectivity index (χ4n) is 2.98. The molecule has 0 aliphatic carbocycles. The molecule has 1 aliphatic heterocycles. The van der Waals surface area contributed by atoms with Crippen molar-refractivity contribution in [3.63, 3.8) is 0 Å². The van der Waals surface area contributed by atoms with Crippen LogP contribution in [0.25, 0.3) is 0 Å². The van der Waals surface area contributed by atoms with Crippen LogP contribution in [0, 0.1) is 11.3 Å². The first-order valence-corrected chi connectivity index (χ1v) is 13.2. The molecule has 0 N–H and O–H groups in total. The number of amides is 1. The Kier molecular flexibility index (Phi) is 7.77. The molecule has 0 aromatic carbocycles. The highest BCUT2D eigenvalue weighted by atomic mass is 28.4. The molecule has 1 rings (SSSR count). The van der Waals surface area contributed by atoms with Gasteiger partial charge in [-0.1, -0.05) is 27.7 Å². The van der Waals surface area contributed by atoms with Gasteiger partial charge in [-0.3, -0.25) is 4.90 Å². The second kappa shape index (κ2) is 8.72. The van der Waals surface area contributed by atoms with E-state index in [9.17, 15) is 10.1 Å². The Morgan fingerprint density at radius 3 is 2.25 bits per heavy atom. The molecule has 0 spiro atoms. The summed E-state index contributed by atoms with van der Waals surface area (Å²) in [6, 6.07) is 2.30. The molecule has 3 atom stereocenters. The topological polar surface area (TPSA) is 71.8 Å². The smallest absolute Gasteiger partial charge is 0.411 e. The van der Waals surface area contributed by atoms with Gasteiger partial charge in [0.25, 0.3) is 0 Å². The van der Waals surface area contributed by atoms with Gasteiger partial charge in [0.15, 0.2) is 13.9 Å². The Morgan fingerprint density at radius 1 is 1.32 bits per heavy atom. The summed E-state index contributed by atoms with van der Waals surface area (Å²) in [6.07, 6.45) is 1.52. The van der Waals surface area contributed by atoms with E-state index in [2.05, 4.69) is 46.9 Å². The third kappa shape index (κ3) is 5.95. The maximum atomic E-state index is 12.5. The molecule has 28 heavy (non-hydrogen) atoms. The van der Waals surface area contributed by atoms with Crippen LogP contribution in [0.2, 0.25) is 18.1 Å². The molecule has 162 valence electrons. The molecule has 0 radical (unpaired) electrons. The van der Waals surface area contributed by atoms with Crippen LogP contribution in [0.1, 0.15) is 67.7 Å².